The van der Waals surface area contributed by atoms with E-state index in [2.05, 4.69) is 0 Å². The van der Waals surface area contributed by atoms with Crippen LogP contribution in [0, 0.1) is 6.92 Å². The summed E-state index contributed by atoms with van der Waals surface area (Å²) < 4.78 is 64.5. The first kappa shape index (κ1) is 15.3. The van der Waals surface area contributed by atoms with E-state index in [1.807, 2.05) is 0 Å². The first-order valence-electron chi connectivity index (χ1n) is 6.31. The van der Waals surface area contributed by atoms with E-state index in [4.69, 9.17) is 0 Å². The molecule has 1 aromatic rings. The lowest BCUT2D eigenvalue weighted by atomic mass is 10.2. The summed E-state index contributed by atoms with van der Waals surface area (Å²) in [5, 5.41) is 0. The summed E-state index contributed by atoms with van der Waals surface area (Å²) in [6.45, 7) is 3.30. The van der Waals surface area contributed by atoms with Crippen molar-refractivity contribution < 1.29 is 21.6 Å². The molecule has 0 spiro atoms. The minimum atomic E-state index is -4.54. The van der Waals surface area contributed by atoms with Gasteiger partial charge in [0.05, 0.1) is 4.90 Å². The van der Waals surface area contributed by atoms with E-state index in [0.717, 1.165) is 5.56 Å². The van der Waals surface area contributed by atoms with Gasteiger partial charge in [-0.2, -0.15) is 17.5 Å². The maximum Gasteiger partial charge on any atom is 0.405 e. The first-order chi connectivity index (χ1) is 9.14. The Hall–Kier alpha value is -1.08. The molecule has 1 aliphatic heterocycles. The highest BCUT2D eigenvalue weighted by atomic mass is 32.2. The third-order valence-corrected chi connectivity index (χ3v) is 5.61. The Bertz CT molecular complexity index is 581. The molecule has 7 heteroatoms. The Kier molecular flexibility index (Phi) is 3.85. The SMILES string of the molecule is Cc1ccc(S(=O)(=O)N2[C@H](C(F)(F)F)CC[C@@H]2C)cc1. The molecule has 20 heavy (non-hydrogen) atoms. The number of halogens is 3. The summed E-state index contributed by atoms with van der Waals surface area (Å²) in [6.07, 6.45) is -4.51. The van der Waals surface area contributed by atoms with Crippen molar-refractivity contribution in [1.29, 1.82) is 0 Å². The lowest BCUT2D eigenvalue weighted by Gasteiger charge is -2.29. The number of benzene rings is 1. The highest BCUT2D eigenvalue weighted by molar-refractivity contribution is 7.89. The summed E-state index contributed by atoms with van der Waals surface area (Å²) in [4.78, 5) is -0.0916. The van der Waals surface area contributed by atoms with Crippen molar-refractivity contribution in [3.05, 3.63) is 29.8 Å². The normalized spacial score (nSPS) is 25.1. The van der Waals surface area contributed by atoms with Crippen molar-refractivity contribution in [2.75, 3.05) is 0 Å². The van der Waals surface area contributed by atoms with E-state index in [1.165, 1.54) is 19.1 Å². The summed E-state index contributed by atoms with van der Waals surface area (Å²) in [5.74, 6) is 0. The zero-order valence-electron chi connectivity index (χ0n) is 11.2. The van der Waals surface area contributed by atoms with Gasteiger partial charge in [0.2, 0.25) is 10.0 Å². The minimum Gasteiger partial charge on any atom is -0.207 e. The van der Waals surface area contributed by atoms with Crippen LogP contribution in [0.4, 0.5) is 13.2 Å². The van der Waals surface area contributed by atoms with Gasteiger partial charge in [-0.1, -0.05) is 17.7 Å². The zero-order valence-corrected chi connectivity index (χ0v) is 12.0. The summed E-state index contributed by atoms with van der Waals surface area (Å²) in [5.41, 5.74) is 0.853. The van der Waals surface area contributed by atoms with E-state index in [-0.39, 0.29) is 17.7 Å². The van der Waals surface area contributed by atoms with E-state index >= 15 is 0 Å². The summed E-state index contributed by atoms with van der Waals surface area (Å²) >= 11 is 0. The molecular weight excluding hydrogens is 291 g/mol. The molecule has 0 saturated carbocycles. The van der Waals surface area contributed by atoms with Crippen molar-refractivity contribution in [2.24, 2.45) is 0 Å². The molecule has 1 aliphatic rings. The van der Waals surface area contributed by atoms with Gasteiger partial charge in [0.25, 0.3) is 0 Å². The second-order valence-corrected chi connectivity index (χ2v) is 6.97. The van der Waals surface area contributed by atoms with Gasteiger partial charge >= 0.3 is 6.18 Å². The van der Waals surface area contributed by atoms with Crippen LogP contribution >= 0.6 is 0 Å². The maximum absolute atomic E-state index is 13.0. The van der Waals surface area contributed by atoms with Gasteiger partial charge in [0.1, 0.15) is 6.04 Å². The van der Waals surface area contributed by atoms with Crippen LogP contribution < -0.4 is 0 Å². The van der Waals surface area contributed by atoms with Crippen molar-refractivity contribution in [3.8, 4) is 0 Å². The molecule has 1 saturated heterocycles. The van der Waals surface area contributed by atoms with E-state index in [9.17, 15) is 21.6 Å². The van der Waals surface area contributed by atoms with Crippen LogP contribution in [0.1, 0.15) is 25.3 Å². The van der Waals surface area contributed by atoms with E-state index < -0.39 is 28.3 Å². The van der Waals surface area contributed by atoms with Crippen LogP contribution in [-0.4, -0.2) is 31.0 Å². The molecule has 0 aromatic heterocycles. The van der Waals surface area contributed by atoms with Gasteiger partial charge < -0.3 is 0 Å². The quantitative estimate of drug-likeness (QED) is 0.842. The monoisotopic (exact) mass is 307 g/mol. The predicted octanol–water partition coefficient (Wildman–Crippen LogP) is 3.10. The topological polar surface area (TPSA) is 37.4 Å². The average Bonchev–Trinajstić information content (AvgIpc) is 2.72. The third kappa shape index (κ3) is 2.69. The van der Waals surface area contributed by atoms with Crippen LogP contribution in [0.25, 0.3) is 0 Å². The number of hydrogen-bond donors (Lipinski definition) is 0. The number of nitrogens with zero attached hydrogens (tertiary/aromatic N) is 1. The number of rotatable bonds is 2. The van der Waals surface area contributed by atoms with Crippen molar-refractivity contribution >= 4 is 10.0 Å². The number of sulfonamides is 1. The Labute approximate surface area is 116 Å². The molecule has 0 radical (unpaired) electrons. The second kappa shape index (κ2) is 5.04. The molecule has 0 unspecified atom stereocenters. The highest BCUT2D eigenvalue weighted by Crippen LogP contribution is 2.39. The molecule has 2 atom stereocenters. The summed E-state index contributed by atoms with van der Waals surface area (Å²) in [7, 11) is -4.12. The van der Waals surface area contributed by atoms with Crippen molar-refractivity contribution in [3.63, 3.8) is 0 Å². The average molecular weight is 307 g/mol. The number of aryl methyl sites for hydroxylation is 1. The van der Waals surface area contributed by atoms with Gasteiger partial charge in [-0.05, 0) is 38.8 Å². The minimum absolute atomic E-state index is 0.0916. The second-order valence-electron chi connectivity index (χ2n) is 5.13. The van der Waals surface area contributed by atoms with Crippen molar-refractivity contribution in [1.82, 2.24) is 4.31 Å². The molecule has 2 rings (SSSR count). The van der Waals surface area contributed by atoms with E-state index in [0.29, 0.717) is 4.31 Å². The predicted molar refractivity (Wildman–Crippen MR) is 68.7 cm³/mol. The fraction of sp³-hybridized carbons (Fsp3) is 0.538. The fourth-order valence-electron chi connectivity index (χ4n) is 2.51. The van der Waals surface area contributed by atoms with Crippen LogP contribution in [0.2, 0.25) is 0 Å². The smallest absolute Gasteiger partial charge is 0.207 e. The van der Waals surface area contributed by atoms with Gasteiger partial charge in [-0.15, -0.1) is 0 Å². The molecule has 0 bridgehead atoms. The van der Waals surface area contributed by atoms with Gasteiger partial charge in [0.15, 0.2) is 0 Å². The van der Waals surface area contributed by atoms with Crippen LogP contribution in [0.5, 0.6) is 0 Å². The third-order valence-electron chi connectivity index (χ3n) is 3.57. The highest BCUT2D eigenvalue weighted by Gasteiger charge is 2.53. The first-order valence-corrected chi connectivity index (χ1v) is 7.75. The Morgan fingerprint density at radius 1 is 1.15 bits per heavy atom. The van der Waals surface area contributed by atoms with Crippen LogP contribution in [0.3, 0.4) is 0 Å². The molecule has 0 amide bonds. The Balaban J connectivity index is 2.43. The van der Waals surface area contributed by atoms with Gasteiger partial charge in [-0.25, -0.2) is 8.42 Å². The molecule has 0 aliphatic carbocycles. The van der Waals surface area contributed by atoms with Crippen LogP contribution in [-0.2, 0) is 10.0 Å². The molecule has 1 aromatic carbocycles. The molecular formula is C13H16F3NO2S. The lowest BCUT2D eigenvalue weighted by molar-refractivity contribution is -0.166. The number of alkyl halides is 3. The fourth-order valence-corrected chi connectivity index (χ4v) is 4.37. The molecule has 0 N–H and O–H groups in total. The molecule has 112 valence electrons. The number of hydrogen-bond acceptors (Lipinski definition) is 2. The largest absolute Gasteiger partial charge is 0.405 e. The molecule has 1 fully saturated rings. The Morgan fingerprint density at radius 2 is 1.70 bits per heavy atom. The summed E-state index contributed by atoms with van der Waals surface area (Å²) in [6, 6.07) is 3.29. The van der Waals surface area contributed by atoms with Crippen LogP contribution in [0.15, 0.2) is 29.2 Å². The Morgan fingerprint density at radius 3 is 2.20 bits per heavy atom. The molecule has 3 nitrogen and oxygen atoms in total. The van der Waals surface area contributed by atoms with Crippen molar-refractivity contribution in [2.45, 2.75) is 49.8 Å². The lowest BCUT2D eigenvalue weighted by Crippen LogP contribution is -2.47. The maximum atomic E-state index is 13.0. The zero-order chi connectivity index (χ0) is 15.1. The van der Waals surface area contributed by atoms with Gasteiger partial charge in [0, 0.05) is 6.04 Å². The van der Waals surface area contributed by atoms with Gasteiger partial charge in [-0.3, -0.25) is 0 Å². The van der Waals surface area contributed by atoms with E-state index in [1.54, 1.807) is 19.1 Å². The molecule has 1 heterocycles. The standard InChI is InChI=1S/C13H16F3NO2S/c1-9-3-6-11(7-4-9)20(18,19)17-10(2)5-8-12(17)13(14,15)16/h3-4,6-7,10,12H,5,8H2,1-2H3/t10-,12-/m0/s1.